The Kier molecular flexibility index (Phi) is 3.93. The number of fused-ring (bicyclic) bond motifs is 1. The molecule has 2 aliphatic carbocycles. The number of rotatable bonds is 6. The molecule has 0 aliphatic heterocycles. The molecule has 108 valence electrons. The Balaban J connectivity index is 1.68. The molecule has 3 rings (SSSR count). The van der Waals surface area contributed by atoms with E-state index in [9.17, 15) is 4.79 Å². The second-order valence-corrected chi connectivity index (χ2v) is 6.81. The summed E-state index contributed by atoms with van der Waals surface area (Å²) in [7, 11) is 0. The van der Waals surface area contributed by atoms with E-state index in [4.69, 9.17) is 0 Å². The molecule has 0 radical (unpaired) electrons. The number of ketones is 1. The Morgan fingerprint density at radius 1 is 1.25 bits per heavy atom. The van der Waals surface area contributed by atoms with Crippen LogP contribution >= 0.6 is 0 Å². The first-order valence-electron chi connectivity index (χ1n) is 8.02. The normalized spacial score (nSPS) is 17.8. The van der Waals surface area contributed by atoms with Crippen LogP contribution in [0.2, 0.25) is 0 Å². The van der Waals surface area contributed by atoms with Crippen LogP contribution in [0.4, 0.5) is 0 Å². The first kappa shape index (κ1) is 13.8. The molecule has 1 fully saturated rings. The van der Waals surface area contributed by atoms with Crippen LogP contribution in [0, 0.1) is 5.92 Å². The summed E-state index contributed by atoms with van der Waals surface area (Å²) in [5.74, 6) is 0.927. The molecule has 0 saturated heterocycles. The van der Waals surface area contributed by atoms with Crippen LogP contribution in [0.25, 0.3) is 0 Å². The molecule has 1 aromatic carbocycles. The van der Waals surface area contributed by atoms with Crippen LogP contribution in [-0.2, 0) is 12.8 Å². The molecule has 0 N–H and O–H groups in total. The number of carbonyl (C=O) groups is 1. The van der Waals surface area contributed by atoms with Crippen LogP contribution in [0.1, 0.15) is 54.6 Å². The number of hydrogen-bond donors (Lipinski definition) is 0. The third-order valence-electron chi connectivity index (χ3n) is 4.43. The Labute approximate surface area is 122 Å². The summed E-state index contributed by atoms with van der Waals surface area (Å²) >= 11 is 0. The molecular formula is C18H25NO. The first-order chi connectivity index (χ1) is 9.63. The number of Topliss-reactive ketones (excluding diaryl/α,β-unsaturated/α-hetero) is 1. The van der Waals surface area contributed by atoms with E-state index in [1.54, 1.807) is 0 Å². The van der Waals surface area contributed by atoms with Crippen molar-refractivity contribution in [3.8, 4) is 0 Å². The molecule has 0 spiro atoms. The summed E-state index contributed by atoms with van der Waals surface area (Å²) < 4.78 is 0. The van der Waals surface area contributed by atoms with Crippen molar-refractivity contribution in [2.75, 3.05) is 13.1 Å². The lowest BCUT2D eigenvalue weighted by atomic mass is 10.0. The van der Waals surface area contributed by atoms with Gasteiger partial charge in [0.05, 0.1) is 6.54 Å². The minimum Gasteiger partial charge on any atom is -0.293 e. The predicted octanol–water partition coefficient (Wildman–Crippen LogP) is 3.48. The zero-order valence-corrected chi connectivity index (χ0v) is 12.7. The molecule has 0 amide bonds. The maximum absolute atomic E-state index is 12.5. The SMILES string of the molecule is CC(C)CN(CC(=O)c1ccc2c(c1)CCC2)C1CC1. The lowest BCUT2D eigenvalue weighted by Crippen LogP contribution is -2.35. The smallest absolute Gasteiger partial charge is 0.176 e. The summed E-state index contributed by atoms with van der Waals surface area (Å²) in [5, 5.41) is 0. The summed E-state index contributed by atoms with van der Waals surface area (Å²) in [6.07, 6.45) is 6.11. The molecular weight excluding hydrogens is 246 g/mol. The van der Waals surface area contributed by atoms with E-state index >= 15 is 0 Å². The minimum atomic E-state index is 0.298. The van der Waals surface area contributed by atoms with Crippen molar-refractivity contribution >= 4 is 5.78 Å². The van der Waals surface area contributed by atoms with Crippen LogP contribution < -0.4 is 0 Å². The standard InChI is InChI=1S/C18H25NO/c1-13(2)11-19(17-8-9-17)12-18(20)16-7-6-14-4-3-5-15(14)10-16/h6-7,10,13,17H,3-5,8-9,11-12H2,1-2H3. The van der Waals surface area contributed by atoms with Gasteiger partial charge in [-0.25, -0.2) is 0 Å². The Hall–Kier alpha value is -1.15. The van der Waals surface area contributed by atoms with Crippen molar-refractivity contribution in [1.82, 2.24) is 4.90 Å². The number of nitrogens with zero attached hydrogens (tertiary/aromatic N) is 1. The number of carbonyl (C=O) groups excluding carboxylic acids is 1. The van der Waals surface area contributed by atoms with Crippen LogP contribution in [-0.4, -0.2) is 29.8 Å². The zero-order chi connectivity index (χ0) is 14.1. The predicted molar refractivity (Wildman–Crippen MR) is 82.2 cm³/mol. The fourth-order valence-electron chi connectivity index (χ4n) is 3.27. The van der Waals surface area contributed by atoms with Gasteiger partial charge in [-0.1, -0.05) is 26.0 Å². The second-order valence-electron chi connectivity index (χ2n) is 6.81. The van der Waals surface area contributed by atoms with Crippen LogP contribution in [0.5, 0.6) is 0 Å². The van der Waals surface area contributed by atoms with Crippen molar-refractivity contribution < 1.29 is 4.79 Å². The third-order valence-corrected chi connectivity index (χ3v) is 4.43. The fraction of sp³-hybridized carbons (Fsp3) is 0.611. The van der Waals surface area contributed by atoms with E-state index in [0.717, 1.165) is 18.5 Å². The van der Waals surface area contributed by atoms with Crippen molar-refractivity contribution in [3.05, 3.63) is 34.9 Å². The molecule has 0 aromatic heterocycles. The summed E-state index contributed by atoms with van der Waals surface area (Å²) in [6.45, 7) is 6.10. The molecule has 1 aromatic rings. The zero-order valence-electron chi connectivity index (χ0n) is 12.7. The summed E-state index contributed by atoms with van der Waals surface area (Å²) in [4.78, 5) is 14.9. The molecule has 0 bridgehead atoms. The van der Waals surface area contributed by atoms with Gasteiger partial charge >= 0.3 is 0 Å². The van der Waals surface area contributed by atoms with Crippen molar-refractivity contribution in [2.45, 2.75) is 52.0 Å². The third kappa shape index (κ3) is 3.12. The van der Waals surface area contributed by atoms with Crippen molar-refractivity contribution in [2.24, 2.45) is 5.92 Å². The minimum absolute atomic E-state index is 0.298. The molecule has 0 heterocycles. The average molecular weight is 271 g/mol. The van der Waals surface area contributed by atoms with Gasteiger partial charge in [0.25, 0.3) is 0 Å². The van der Waals surface area contributed by atoms with Gasteiger partial charge in [0.15, 0.2) is 5.78 Å². The summed E-state index contributed by atoms with van der Waals surface area (Å²) in [6, 6.07) is 7.01. The van der Waals surface area contributed by atoms with Gasteiger partial charge in [-0.05, 0) is 55.2 Å². The highest BCUT2D eigenvalue weighted by molar-refractivity contribution is 5.98. The summed E-state index contributed by atoms with van der Waals surface area (Å²) in [5.41, 5.74) is 3.76. The van der Waals surface area contributed by atoms with Crippen LogP contribution in [0.15, 0.2) is 18.2 Å². The molecule has 2 aliphatic rings. The molecule has 0 atom stereocenters. The van der Waals surface area contributed by atoms with Crippen molar-refractivity contribution in [3.63, 3.8) is 0 Å². The Morgan fingerprint density at radius 2 is 2.00 bits per heavy atom. The molecule has 1 saturated carbocycles. The average Bonchev–Trinajstić information content (AvgIpc) is 3.15. The van der Waals surface area contributed by atoms with E-state index in [1.165, 1.54) is 36.8 Å². The first-order valence-corrected chi connectivity index (χ1v) is 8.02. The molecule has 2 heteroatoms. The van der Waals surface area contributed by atoms with Gasteiger partial charge in [-0.3, -0.25) is 9.69 Å². The monoisotopic (exact) mass is 271 g/mol. The number of benzene rings is 1. The maximum Gasteiger partial charge on any atom is 0.176 e. The van der Waals surface area contributed by atoms with E-state index in [0.29, 0.717) is 24.3 Å². The highest BCUT2D eigenvalue weighted by atomic mass is 16.1. The Bertz CT molecular complexity index is 502. The van der Waals surface area contributed by atoms with Gasteiger partial charge in [0, 0.05) is 18.2 Å². The molecule has 2 nitrogen and oxygen atoms in total. The largest absolute Gasteiger partial charge is 0.293 e. The topological polar surface area (TPSA) is 20.3 Å². The highest BCUT2D eigenvalue weighted by Gasteiger charge is 2.30. The maximum atomic E-state index is 12.5. The second kappa shape index (κ2) is 5.69. The van der Waals surface area contributed by atoms with Gasteiger partial charge < -0.3 is 0 Å². The molecule has 0 unspecified atom stereocenters. The van der Waals surface area contributed by atoms with Gasteiger partial charge in [0.1, 0.15) is 0 Å². The van der Waals surface area contributed by atoms with Gasteiger partial charge in [-0.2, -0.15) is 0 Å². The molecule has 20 heavy (non-hydrogen) atoms. The lowest BCUT2D eigenvalue weighted by molar-refractivity contribution is 0.0915. The van der Waals surface area contributed by atoms with E-state index < -0.39 is 0 Å². The Morgan fingerprint density at radius 3 is 2.70 bits per heavy atom. The highest BCUT2D eigenvalue weighted by Crippen LogP contribution is 2.28. The van der Waals surface area contributed by atoms with E-state index in [2.05, 4.69) is 30.9 Å². The van der Waals surface area contributed by atoms with Crippen LogP contribution in [0.3, 0.4) is 0 Å². The number of hydrogen-bond acceptors (Lipinski definition) is 2. The van der Waals surface area contributed by atoms with Crippen molar-refractivity contribution in [1.29, 1.82) is 0 Å². The lowest BCUT2D eigenvalue weighted by Gasteiger charge is -2.23. The van der Waals surface area contributed by atoms with Gasteiger partial charge in [-0.15, -0.1) is 0 Å². The fourth-order valence-corrected chi connectivity index (χ4v) is 3.27. The number of aryl methyl sites for hydroxylation is 2. The van der Waals surface area contributed by atoms with E-state index in [-0.39, 0.29) is 0 Å². The van der Waals surface area contributed by atoms with E-state index in [1.807, 2.05) is 6.07 Å². The van der Waals surface area contributed by atoms with Gasteiger partial charge in [0.2, 0.25) is 0 Å². The quantitative estimate of drug-likeness (QED) is 0.738.